The zero-order valence-electron chi connectivity index (χ0n) is 11.9. The van der Waals surface area contributed by atoms with Gasteiger partial charge in [-0.15, -0.1) is 0 Å². The van der Waals surface area contributed by atoms with Gasteiger partial charge in [0.25, 0.3) is 0 Å². The number of nitrogens with zero attached hydrogens (tertiary/aromatic N) is 3. The summed E-state index contributed by atoms with van der Waals surface area (Å²) in [4.78, 5) is 14.4. The fraction of sp³-hybridized carbons (Fsp3) is 0.235. The van der Waals surface area contributed by atoms with Gasteiger partial charge in [0.1, 0.15) is 6.04 Å². The summed E-state index contributed by atoms with van der Waals surface area (Å²) in [6.07, 6.45) is 1.71. The highest BCUT2D eigenvalue weighted by Crippen LogP contribution is 2.37. The van der Waals surface area contributed by atoms with E-state index in [4.69, 9.17) is 5.53 Å². The summed E-state index contributed by atoms with van der Waals surface area (Å²) in [5, 5.41) is 13.1. The third-order valence-electron chi connectivity index (χ3n) is 4.19. The van der Waals surface area contributed by atoms with Crippen molar-refractivity contribution in [1.82, 2.24) is 0 Å². The lowest BCUT2D eigenvalue weighted by Gasteiger charge is -2.23. The average Bonchev–Trinajstić information content (AvgIpc) is 2.69. The Hall–Kier alpha value is -2.78. The maximum Gasteiger partial charge on any atom is 0.313 e. The van der Waals surface area contributed by atoms with Crippen molar-refractivity contribution < 1.29 is 9.90 Å². The molecule has 5 heteroatoms. The predicted molar refractivity (Wildman–Crippen MR) is 82.7 cm³/mol. The Morgan fingerprint density at radius 3 is 2.05 bits per heavy atom. The Morgan fingerprint density at radius 1 is 1.09 bits per heavy atom. The quantitative estimate of drug-likeness (QED) is 0.531. The number of carboxylic acids is 1. The summed E-state index contributed by atoms with van der Waals surface area (Å²) in [7, 11) is 0. The maximum absolute atomic E-state index is 11.7. The number of carboxylic acid groups (broad SMARTS) is 1. The van der Waals surface area contributed by atoms with Gasteiger partial charge in [-0.1, -0.05) is 53.6 Å². The fourth-order valence-electron chi connectivity index (χ4n) is 3.22. The van der Waals surface area contributed by atoms with Crippen LogP contribution in [0, 0.1) is 0 Å². The highest BCUT2D eigenvalue weighted by Gasteiger charge is 2.34. The van der Waals surface area contributed by atoms with Crippen LogP contribution in [0.2, 0.25) is 0 Å². The molecule has 3 rings (SSSR count). The molecule has 0 aliphatic heterocycles. The van der Waals surface area contributed by atoms with E-state index in [0.29, 0.717) is 0 Å². The maximum atomic E-state index is 11.7. The van der Waals surface area contributed by atoms with Crippen LogP contribution < -0.4 is 0 Å². The molecule has 22 heavy (non-hydrogen) atoms. The van der Waals surface area contributed by atoms with Gasteiger partial charge in [0.05, 0.1) is 0 Å². The third kappa shape index (κ3) is 2.43. The summed E-state index contributed by atoms with van der Waals surface area (Å²) >= 11 is 0. The number of fused-ring (bicyclic) bond motifs is 2. The summed E-state index contributed by atoms with van der Waals surface area (Å²) < 4.78 is 0. The average molecular weight is 293 g/mol. The molecule has 0 fully saturated rings. The van der Waals surface area contributed by atoms with Crippen LogP contribution in [0.1, 0.15) is 28.2 Å². The van der Waals surface area contributed by atoms with Crippen LogP contribution in [0.5, 0.6) is 0 Å². The molecule has 0 saturated carbocycles. The first kappa shape index (κ1) is 14.2. The SMILES string of the molecule is [N-]=[N+]=N[C@H](C(=O)O)C1c2ccccc2CCc2ccccc21. The molecule has 1 aliphatic carbocycles. The van der Waals surface area contributed by atoms with Crippen LogP contribution in [0.25, 0.3) is 10.4 Å². The summed E-state index contributed by atoms with van der Waals surface area (Å²) in [6.45, 7) is 0. The third-order valence-corrected chi connectivity index (χ3v) is 4.19. The lowest BCUT2D eigenvalue weighted by Crippen LogP contribution is -2.27. The number of benzene rings is 2. The van der Waals surface area contributed by atoms with Crippen LogP contribution in [0.4, 0.5) is 0 Å². The molecule has 110 valence electrons. The minimum Gasteiger partial charge on any atom is -0.481 e. The lowest BCUT2D eigenvalue weighted by molar-refractivity contribution is -0.138. The number of rotatable bonds is 3. The number of aryl methyl sites for hydroxylation is 2. The molecular weight excluding hydrogens is 278 g/mol. The highest BCUT2D eigenvalue weighted by molar-refractivity contribution is 5.76. The van der Waals surface area contributed by atoms with E-state index in [1.165, 1.54) is 0 Å². The first-order chi connectivity index (χ1) is 10.7. The van der Waals surface area contributed by atoms with Crippen LogP contribution >= 0.6 is 0 Å². The van der Waals surface area contributed by atoms with Gasteiger partial charge in [0.15, 0.2) is 0 Å². The van der Waals surface area contributed by atoms with Crippen molar-refractivity contribution >= 4 is 5.97 Å². The molecular formula is C17H15N3O2. The highest BCUT2D eigenvalue weighted by atomic mass is 16.4. The normalized spacial score (nSPS) is 14.9. The molecule has 1 N–H and O–H groups in total. The molecule has 0 radical (unpaired) electrons. The van der Waals surface area contributed by atoms with Gasteiger partial charge in [-0.25, -0.2) is 0 Å². The molecule has 0 bridgehead atoms. The van der Waals surface area contributed by atoms with Gasteiger partial charge >= 0.3 is 5.97 Å². The van der Waals surface area contributed by atoms with Gasteiger partial charge in [-0.05, 0) is 40.6 Å². The molecule has 2 aromatic carbocycles. The second kappa shape index (κ2) is 5.92. The molecule has 0 aromatic heterocycles. The Balaban J connectivity index is 2.25. The zero-order chi connectivity index (χ0) is 15.5. The van der Waals surface area contributed by atoms with Crippen molar-refractivity contribution in [3.05, 3.63) is 81.2 Å². The molecule has 0 spiro atoms. The van der Waals surface area contributed by atoms with Crippen molar-refractivity contribution in [2.45, 2.75) is 24.8 Å². The Morgan fingerprint density at radius 2 is 1.59 bits per heavy atom. The van der Waals surface area contributed by atoms with Gasteiger partial charge in [0, 0.05) is 10.8 Å². The predicted octanol–water partition coefficient (Wildman–Crippen LogP) is 3.68. The molecule has 2 aromatic rings. The Kier molecular flexibility index (Phi) is 3.81. The van der Waals surface area contributed by atoms with Crippen LogP contribution in [0.3, 0.4) is 0 Å². The van der Waals surface area contributed by atoms with Gasteiger partial charge in [-0.2, -0.15) is 0 Å². The first-order valence-corrected chi connectivity index (χ1v) is 7.15. The first-order valence-electron chi connectivity index (χ1n) is 7.15. The molecule has 0 heterocycles. The van der Waals surface area contributed by atoms with E-state index in [1.54, 1.807) is 0 Å². The van der Waals surface area contributed by atoms with Crippen LogP contribution in [-0.2, 0) is 17.6 Å². The largest absolute Gasteiger partial charge is 0.481 e. The Labute approximate surface area is 127 Å². The van der Waals surface area contributed by atoms with Crippen molar-refractivity contribution in [3.8, 4) is 0 Å². The molecule has 1 atom stereocenters. The van der Waals surface area contributed by atoms with Crippen LogP contribution in [0.15, 0.2) is 53.6 Å². The summed E-state index contributed by atoms with van der Waals surface area (Å²) in [6, 6.07) is 14.5. The molecule has 0 saturated heterocycles. The topological polar surface area (TPSA) is 86.1 Å². The van der Waals surface area contributed by atoms with E-state index >= 15 is 0 Å². The number of aliphatic carboxylic acids is 1. The molecule has 5 nitrogen and oxygen atoms in total. The summed E-state index contributed by atoms with van der Waals surface area (Å²) in [5.41, 5.74) is 12.9. The standard InChI is InChI=1S/C17H15N3O2/c18-20-19-16(17(21)22)15-13-7-3-1-5-11(13)9-10-12-6-2-4-8-14(12)15/h1-8,15-16H,9-10H2,(H,21,22)/t16-/m0/s1. The fourth-order valence-corrected chi connectivity index (χ4v) is 3.22. The van der Waals surface area contributed by atoms with Crippen molar-refractivity contribution in [2.24, 2.45) is 5.11 Å². The van der Waals surface area contributed by atoms with Crippen molar-refractivity contribution in [1.29, 1.82) is 0 Å². The Bertz CT molecular complexity index is 717. The smallest absolute Gasteiger partial charge is 0.313 e. The monoisotopic (exact) mass is 293 g/mol. The number of hydrogen-bond donors (Lipinski definition) is 1. The second-order valence-electron chi connectivity index (χ2n) is 5.36. The minimum atomic E-state index is -1.15. The van der Waals surface area contributed by atoms with Gasteiger partial charge in [-0.3, -0.25) is 4.79 Å². The molecule has 0 amide bonds. The number of carbonyl (C=O) groups is 1. The van der Waals surface area contributed by atoms with Gasteiger partial charge in [0.2, 0.25) is 0 Å². The number of hydrogen-bond acceptors (Lipinski definition) is 2. The van der Waals surface area contributed by atoms with E-state index in [2.05, 4.69) is 10.0 Å². The van der Waals surface area contributed by atoms with Crippen molar-refractivity contribution in [2.75, 3.05) is 0 Å². The van der Waals surface area contributed by atoms with E-state index in [0.717, 1.165) is 35.1 Å². The minimum absolute atomic E-state index is 0.455. The van der Waals surface area contributed by atoms with E-state index < -0.39 is 17.9 Å². The molecule has 0 unspecified atom stereocenters. The van der Waals surface area contributed by atoms with E-state index in [-0.39, 0.29) is 0 Å². The zero-order valence-corrected chi connectivity index (χ0v) is 11.9. The molecule has 1 aliphatic rings. The van der Waals surface area contributed by atoms with E-state index in [1.807, 2.05) is 48.5 Å². The van der Waals surface area contributed by atoms with Crippen molar-refractivity contribution in [3.63, 3.8) is 0 Å². The van der Waals surface area contributed by atoms with Gasteiger partial charge < -0.3 is 5.11 Å². The van der Waals surface area contributed by atoms with Crippen LogP contribution in [-0.4, -0.2) is 17.1 Å². The van der Waals surface area contributed by atoms with E-state index in [9.17, 15) is 9.90 Å². The second-order valence-corrected chi connectivity index (χ2v) is 5.36. The summed E-state index contributed by atoms with van der Waals surface area (Å²) in [5.74, 6) is -1.56. The lowest BCUT2D eigenvalue weighted by atomic mass is 9.83. The number of azide groups is 1.